The zero-order valence-corrected chi connectivity index (χ0v) is 11.7. The van der Waals surface area contributed by atoms with Crippen molar-refractivity contribution < 1.29 is 4.79 Å². The van der Waals surface area contributed by atoms with Crippen LogP contribution in [0.3, 0.4) is 0 Å². The van der Waals surface area contributed by atoms with Gasteiger partial charge in [-0.2, -0.15) is 5.10 Å². The van der Waals surface area contributed by atoms with Crippen molar-refractivity contribution in [1.29, 1.82) is 0 Å². The molecule has 1 aromatic heterocycles. The number of carbonyl (C=O) groups excluding carboxylic acids is 1. The molecule has 1 heterocycles. The third-order valence-corrected chi connectivity index (χ3v) is 3.29. The predicted octanol–water partition coefficient (Wildman–Crippen LogP) is 3.44. The summed E-state index contributed by atoms with van der Waals surface area (Å²) in [5.74, 6) is -0.212. The highest BCUT2D eigenvalue weighted by atomic mass is 35.5. The Bertz CT molecular complexity index is 571. The van der Waals surface area contributed by atoms with Gasteiger partial charge in [-0.15, -0.1) is 0 Å². The van der Waals surface area contributed by atoms with E-state index in [4.69, 9.17) is 11.6 Å². The van der Waals surface area contributed by atoms with Crippen LogP contribution in [0.1, 0.15) is 35.6 Å². The minimum Gasteiger partial charge on any atom is -0.319 e. The summed E-state index contributed by atoms with van der Waals surface area (Å²) in [6.45, 7) is 4.01. The van der Waals surface area contributed by atoms with Gasteiger partial charge in [-0.05, 0) is 25.0 Å². The van der Waals surface area contributed by atoms with Crippen molar-refractivity contribution in [2.24, 2.45) is 0 Å². The number of carbonyl (C=O) groups is 1. The minimum atomic E-state index is -0.212. The second kappa shape index (κ2) is 5.89. The fourth-order valence-electron chi connectivity index (χ4n) is 1.91. The topological polar surface area (TPSA) is 57.8 Å². The van der Waals surface area contributed by atoms with Gasteiger partial charge in [-0.1, -0.05) is 37.6 Å². The maximum atomic E-state index is 12.2. The molecule has 0 bridgehead atoms. The number of nitrogens with one attached hydrogen (secondary N) is 2. The molecule has 2 aromatic rings. The SMILES string of the molecule is CCc1n[nH]c(CC)c1NC(=O)c1ccccc1Cl. The molecule has 2 N–H and O–H groups in total. The second-order valence-corrected chi connectivity index (χ2v) is 4.57. The van der Waals surface area contributed by atoms with E-state index in [-0.39, 0.29) is 5.91 Å². The van der Waals surface area contributed by atoms with E-state index in [1.807, 2.05) is 13.8 Å². The number of amides is 1. The first-order valence-corrected chi connectivity index (χ1v) is 6.67. The Balaban J connectivity index is 2.29. The molecular formula is C14H16ClN3O. The van der Waals surface area contributed by atoms with Gasteiger partial charge in [0.2, 0.25) is 0 Å². The molecule has 0 aliphatic rings. The summed E-state index contributed by atoms with van der Waals surface area (Å²) in [4.78, 5) is 12.2. The molecule has 1 amide bonds. The van der Waals surface area contributed by atoms with Crippen LogP contribution in [0.4, 0.5) is 5.69 Å². The number of hydrogen-bond acceptors (Lipinski definition) is 2. The number of halogens is 1. The molecule has 0 radical (unpaired) electrons. The molecule has 0 saturated carbocycles. The Morgan fingerprint density at radius 2 is 2.05 bits per heavy atom. The summed E-state index contributed by atoms with van der Waals surface area (Å²) in [5.41, 5.74) is 3.03. The minimum absolute atomic E-state index is 0.212. The highest BCUT2D eigenvalue weighted by Crippen LogP contribution is 2.22. The van der Waals surface area contributed by atoms with Crippen molar-refractivity contribution in [3.63, 3.8) is 0 Å². The molecule has 0 saturated heterocycles. The van der Waals surface area contributed by atoms with Crippen LogP contribution in [0.2, 0.25) is 5.02 Å². The van der Waals surface area contributed by atoms with Crippen molar-refractivity contribution >= 4 is 23.2 Å². The van der Waals surface area contributed by atoms with Crippen molar-refractivity contribution in [2.75, 3.05) is 5.32 Å². The van der Waals surface area contributed by atoms with Gasteiger partial charge < -0.3 is 5.32 Å². The van der Waals surface area contributed by atoms with Crippen molar-refractivity contribution in [1.82, 2.24) is 10.2 Å². The summed E-state index contributed by atoms with van der Waals surface area (Å²) in [7, 11) is 0. The number of benzene rings is 1. The molecule has 0 unspecified atom stereocenters. The predicted molar refractivity (Wildman–Crippen MR) is 76.7 cm³/mol. The molecule has 0 aliphatic heterocycles. The summed E-state index contributed by atoms with van der Waals surface area (Å²) in [5, 5.41) is 10.5. The third kappa shape index (κ3) is 2.79. The number of rotatable bonds is 4. The number of aromatic nitrogens is 2. The number of aryl methyl sites for hydroxylation is 2. The van der Waals surface area contributed by atoms with Gasteiger partial charge in [0.05, 0.1) is 27.7 Å². The van der Waals surface area contributed by atoms with Crippen LogP contribution in [0.5, 0.6) is 0 Å². The Hall–Kier alpha value is -1.81. The lowest BCUT2D eigenvalue weighted by Crippen LogP contribution is -2.14. The molecule has 100 valence electrons. The van der Waals surface area contributed by atoms with Gasteiger partial charge in [-0.25, -0.2) is 0 Å². The molecular weight excluding hydrogens is 262 g/mol. The lowest BCUT2D eigenvalue weighted by molar-refractivity contribution is 0.102. The molecule has 0 spiro atoms. The Morgan fingerprint density at radius 3 is 2.68 bits per heavy atom. The fraction of sp³-hybridized carbons (Fsp3) is 0.286. The van der Waals surface area contributed by atoms with Crippen molar-refractivity contribution in [2.45, 2.75) is 26.7 Å². The monoisotopic (exact) mass is 277 g/mol. The molecule has 5 heteroatoms. The largest absolute Gasteiger partial charge is 0.319 e. The number of hydrogen-bond donors (Lipinski definition) is 2. The normalized spacial score (nSPS) is 10.5. The van der Waals surface area contributed by atoms with Gasteiger partial charge >= 0.3 is 0 Å². The molecule has 4 nitrogen and oxygen atoms in total. The number of aromatic amines is 1. The molecule has 19 heavy (non-hydrogen) atoms. The first-order valence-electron chi connectivity index (χ1n) is 6.29. The second-order valence-electron chi connectivity index (χ2n) is 4.16. The summed E-state index contributed by atoms with van der Waals surface area (Å²) < 4.78 is 0. The van der Waals surface area contributed by atoms with Gasteiger partial charge in [0.25, 0.3) is 5.91 Å². The van der Waals surface area contributed by atoms with Gasteiger partial charge in [0, 0.05) is 0 Å². The van der Waals surface area contributed by atoms with E-state index in [2.05, 4.69) is 15.5 Å². The Morgan fingerprint density at radius 1 is 1.32 bits per heavy atom. The smallest absolute Gasteiger partial charge is 0.257 e. The number of nitrogens with zero attached hydrogens (tertiary/aromatic N) is 1. The van der Waals surface area contributed by atoms with Crippen LogP contribution in [0.15, 0.2) is 24.3 Å². The van der Waals surface area contributed by atoms with Crippen LogP contribution in [-0.4, -0.2) is 16.1 Å². The highest BCUT2D eigenvalue weighted by molar-refractivity contribution is 6.34. The summed E-state index contributed by atoms with van der Waals surface area (Å²) in [6.07, 6.45) is 1.54. The summed E-state index contributed by atoms with van der Waals surface area (Å²) in [6, 6.07) is 6.99. The number of anilines is 1. The molecule has 1 aromatic carbocycles. The van der Waals surface area contributed by atoms with Gasteiger partial charge in [0.15, 0.2) is 0 Å². The van der Waals surface area contributed by atoms with Crippen LogP contribution >= 0.6 is 11.6 Å². The molecule has 0 aliphatic carbocycles. The lowest BCUT2D eigenvalue weighted by atomic mass is 10.1. The zero-order valence-electron chi connectivity index (χ0n) is 11.0. The van der Waals surface area contributed by atoms with Crippen LogP contribution in [-0.2, 0) is 12.8 Å². The van der Waals surface area contributed by atoms with Crippen LogP contribution in [0.25, 0.3) is 0 Å². The zero-order chi connectivity index (χ0) is 13.8. The van der Waals surface area contributed by atoms with E-state index in [1.165, 1.54) is 0 Å². The standard InChI is InChI=1S/C14H16ClN3O/c1-3-11-13(12(4-2)18-17-11)16-14(19)9-7-5-6-8-10(9)15/h5-8H,3-4H2,1-2H3,(H,16,19)(H,17,18). The first kappa shape index (κ1) is 13.6. The maximum Gasteiger partial charge on any atom is 0.257 e. The van der Waals surface area contributed by atoms with Gasteiger partial charge in [-0.3, -0.25) is 9.89 Å². The van der Waals surface area contributed by atoms with E-state index in [1.54, 1.807) is 24.3 Å². The van der Waals surface area contributed by atoms with E-state index in [0.29, 0.717) is 10.6 Å². The first-order chi connectivity index (χ1) is 9.17. The molecule has 2 rings (SSSR count). The Kier molecular flexibility index (Phi) is 4.22. The molecule has 0 atom stereocenters. The number of H-pyrrole nitrogens is 1. The van der Waals surface area contributed by atoms with E-state index in [9.17, 15) is 4.79 Å². The summed E-state index contributed by atoms with van der Waals surface area (Å²) >= 11 is 6.02. The van der Waals surface area contributed by atoms with E-state index < -0.39 is 0 Å². The highest BCUT2D eigenvalue weighted by Gasteiger charge is 2.16. The van der Waals surface area contributed by atoms with Crippen molar-refractivity contribution in [3.05, 3.63) is 46.2 Å². The quantitative estimate of drug-likeness (QED) is 0.899. The Labute approximate surface area is 117 Å². The van der Waals surface area contributed by atoms with Gasteiger partial charge in [0.1, 0.15) is 0 Å². The van der Waals surface area contributed by atoms with Crippen molar-refractivity contribution in [3.8, 4) is 0 Å². The average molecular weight is 278 g/mol. The van der Waals surface area contributed by atoms with Crippen LogP contribution in [0, 0.1) is 0 Å². The average Bonchev–Trinajstić information content (AvgIpc) is 2.81. The van der Waals surface area contributed by atoms with E-state index >= 15 is 0 Å². The third-order valence-electron chi connectivity index (χ3n) is 2.96. The fourth-order valence-corrected chi connectivity index (χ4v) is 2.13. The van der Waals surface area contributed by atoms with E-state index in [0.717, 1.165) is 29.9 Å². The maximum absolute atomic E-state index is 12.2. The van der Waals surface area contributed by atoms with Crippen LogP contribution < -0.4 is 5.32 Å². The molecule has 0 fully saturated rings. The lowest BCUT2D eigenvalue weighted by Gasteiger charge is -2.08.